The van der Waals surface area contributed by atoms with Crippen LogP contribution < -0.4 is 4.74 Å². The number of rotatable bonds is 13. The van der Waals surface area contributed by atoms with Gasteiger partial charge in [-0.2, -0.15) is 4.31 Å². The Labute approximate surface area is 253 Å². The molecule has 0 N–H and O–H groups in total. The predicted molar refractivity (Wildman–Crippen MR) is 166 cm³/mol. The Morgan fingerprint density at radius 2 is 1.64 bits per heavy atom. The highest BCUT2D eigenvalue weighted by Gasteiger charge is 2.41. The molecule has 2 aromatic carbocycles. The number of nitrogens with zero attached hydrogens (tertiary/aromatic N) is 3. The second kappa shape index (κ2) is 14.3. The molecule has 2 fully saturated rings. The molecule has 0 radical (unpaired) electrons. The number of benzene rings is 2. The zero-order chi connectivity index (χ0) is 30.3. The summed E-state index contributed by atoms with van der Waals surface area (Å²) in [6.45, 7) is 6.91. The van der Waals surface area contributed by atoms with Crippen LogP contribution in [0.4, 0.5) is 0 Å². The smallest absolute Gasteiger partial charge is 0.248 e. The Bertz CT molecular complexity index is 1260. The van der Waals surface area contributed by atoms with Crippen molar-refractivity contribution in [2.24, 2.45) is 5.92 Å². The number of carbonyl (C=O) groups excluding carboxylic acids is 1. The first-order chi connectivity index (χ1) is 20.1. The van der Waals surface area contributed by atoms with Gasteiger partial charge < -0.3 is 14.4 Å². The van der Waals surface area contributed by atoms with Gasteiger partial charge in [-0.15, -0.1) is 0 Å². The molecule has 0 unspecified atom stereocenters. The molecule has 1 aliphatic heterocycles. The standard InChI is InChI=1S/C33H49N3O5S/c1-26-21-30(40-5)22-27(2)32(26)42(38,39)35(4)19-20-41-25-31(37)34(3)24-29-13-15-33(16-14-29,36-17-9-10-18-36)23-28-11-7-6-8-12-28/h6-8,11-12,21-22,29H,9-10,13-20,23-25H2,1-5H3. The Hall–Kier alpha value is -2.46. The van der Waals surface area contributed by atoms with Crippen LogP contribution in [0.3, 0.4) is 0 Å². The molecule has 0 aromatic heterocycles. The van der Waals surface area contributed by atoms with Crippen molar-refractivity contribution in [1.82, 2.24) is 14.1 Å². The van der Waals surface area contributed by atoms with Gasteiger partial charge in [-0.05, 0) is 107 Å². The molecule has 2 aromatic rings. The first-order valence-electron chi connectivity index (χ1n) is 15.3. The van der Waals surface area contributed by atoms with Gasteiger partial charge in [-0.1, -0.05) is 30.3 Å². The Kier molecular flexibility index (Phi) is 11.1. The van der Waals surface area contributed by atoms with Crippen molar-refractivity contribution in [3.8, 4) is 5.75 Å². The van der Waals surface area contributed by atoms with E-state index in [4.69, 9.17) is 9.47 Å². The van der Waals surface area contributed by atoms with Crippen molar-refractivity contribution in [2.75, 3.05) is 60.6 Å². The van der Waals surface area contributed by atoms with Crippen LogP contribution in [-0.4, -0.2) is 94.6 Å². The van der Waals surface area contributed by atoms with E-state index in [1.165, 1.54) is 48.6 Å². The van der Waals surface area contributed by atoms with Gasteiger partial charge in [0.2, 0.25) is 15.9 Å². The van der Waals surface area contributed by atoms with Crippen LogP contribution in [0.1, 0.15) is 55.2 Å². The lowest BCUT2D eigenvalue weighted by Crippen LogP contribution is -2.52. The molecule has 0 atom stereocenters. The summed E-state index contributed by atoms with van der Waals surface area (Å²) in [5, 5.41) is 0. The van der Waals surface area contributed by atoms with Crippen LogP contribution in [0.25, 0.3) is 0 Å². The SMILES string of the molecule is COc1cc(C)c(S(=O)(=O)N(C)CCOCC(=O)N(C)CC2CCC(Cc3ccccc3)(N3CCCC3)CC2)c(C)c1. The molecule has 42 heavy (non-hydrogen) atoms. The van der Waals surface area contributed by atoms with E-state index in [0.29, 0.717) is 22.8 Å². The van der Waals surface area contributed by atoms with Crippen molar-refractivity contribution in [1.29, 1.82) is 0 Å². The highest BCUT2D eigenvalue weighted by atomic mass is 32.2. The minimum Gasteiger partial charge on any atom is -0.497 e. The number of likely N-dealkylation sites (tertiary alicyclic amines) is 1. The maximum Gasteiger partial charge on any atom is 0.248 e. The van der Waals surface area contributed by atoms with Gasteiger partial charge in [0.05, 0.1) is 18.6 Å². The maximum atomic E-state index is 13.2. The molecule has 1 amide bonds. The second-order valence-corrected chi connectivity index (χ2v) is 14.2. The minimum absolute atomic E-state index is 0.0522. The van der Waals surface area contributed by atoms with Gasteiger partial charge in [-0.3, -0.25) is 9.69 Å². The lowest BCUT2D eigenvalue weighted by atomic mass is 9.72. The monoisotopic (exact) mass is 599 g/mol. The molecule has 4 rings (SSSR count). The summed E-state index contributed by atoms with van der Waals surface area (Å²) in [7, 11) is 1.26. The number of amides is 1. The molecule has 9 heteroatoms. The topological polar surface area (TPSA) is 79.4 Å². The molecule has 8 nitrogen and oxygen atoms in total. The molecule has 1 aliphatic carbocycles. The lowest BCUT2D eigenvalue weighted by Gasteiger charge is -2.47. The van der Waals surface area contributed by atoms with Gasteiger partial charge in [0, 0.05) is 32.7 Å². The number of ether oxygens (including phenoxy) is 2. The summed E-state index contributed by atoms with van der Waals surface area (Å²) in [6, 6.07) is 14.3. The Morgan fingerprint density at radius 3 is 2.24 bits per heavy atom. The fraction of sp³-hybridized carbons (Fsp3) is 0.606. The van der Waals surface area contributed by atoms with Gasteiger partial charge in [0.15, 0.2) is 0 Å². The summed E-state index contributed by atoms with van der Waals surface area (Å²) in [4.78, 5) is 17.7. The van der Waals surface area contributed by atoms with E-state index < -0.39 is 10.0 Å². The molecule has 1 heterocycles. The first kappa shape index (κ1) is 32.5. The summed E-state index contributed by atoms with van der Waals surface area (Å²) < 4.78 is 38.6. The van der Waals surface area contributed by atoms with E-state index in [1.54, 1.807) is 45.0 Å². The van der Waals surface area contributed by atoms with E-state index in [-0.39, 0.29) is 36.1 Å². The van der Waals surface area contributed by atoms with E-state index in [2.05, 4.69) is 35.2 Å². The molecule has 0 spiro atoms. The number of methoxy groups -OCH3 is 1. The first-order valence-corrected chi connectivity index (χ1v) is 16.7. The van der Waals surface area contributed by atoms with Crippen LogP contribution in [0.15, 0.2) is 47.4 Å². The van der Waals surface area contributed by atoms with Crippen LogP contribution >= 0.6 is 0 Å². The van der Waals surface area contributed by atoms with Gasteiger partial charge in [-0.25, -0.2) is 8.42 Å². The highest BCUT2D eigenvalue weighted by Crippen LogP contribution is 2.41. The zero-order valence-corrected chi connectivity index (χ0v) is 26.9. The van der Waals surface area contributed by atoms with Gasteiger partial charge >= 0.3 is 0 Å². The molecule has 1 saturated heterocycles. The van der Waals surface area contributed by atoms with E-state index in [1.807, 2.05) is 7.05 Å². The third kappa shape index (κ3) is 7.73. The Balaban J connectivity index is 1.23. The zero-order valence-electron chi connectivity index (χ0n) is 26.1. The number of hydrogen-bond donors (Lipinski definition) is 0. The van der Waals surface area contributed by atoms with E-state index in [0.717, 1.165) is 25.8 Å². The van der Waals surface area contributed by atoms with Crippen molar-refractivity contribution >= 4 is 15.9 Å². The predicted octanol–water partition coefficient (Wildman–Crippen LogP) is 4.68. The fourth-order valence-corrected chi connectivity index (χ4v) is 8.39. The summed E-state index contributed by atoms with van der Waals surface area (Å²) in [5.41, 5.74) is 2.92. The van der Waals surface area contributed by atoms with Gasteiger partial charge in [0.25, 0.3) is 0 Å². The molecular weight excluding hydrogens is 550 g/mol. The van der Waals surface area contributed by atoms with Crippen molar-refractivity contribution < 1.29 is 22.7 Å². The third-order valence-electron chi connectivity index (χ3n) is 9.26. The van der Waals surface area contributed by atoms with Crippen LogP contribution in [-0.2, 0) is 26.0 Å². The normalized spacial score (nSPS) is 21.5. The quantitative estimate of drug-likeness (QED) is 0.311. The average molecular weight is 600 g/mol. The van der Waals surface area contributed by atoms with Crippen molar-refractivity contribution in [2.45, 2.75) is 69.2 Å². The molecular formula is C33H49N3O5S. The maximum absolute atomic E-state index is 13.2. The fourth-order valence-electron chi connectivity index (χ4n) is 6.83. The highest BCUT2D eigenvalue weighted by molar-refractivity contribution is 7.89. The van der Waals surface area contributed by atoms with E-state index >= 15 is 0 Å². The van der Waals surface area contributed by atoms with Gasteiger partial charge in [0.1, 0.15) is 12.4 Å². The number of aryl methyl sites for hydroxylation is 2. The number of likely N-dealkylation sites (N-methyl/N-ethyl adjacent to an activating group) is 2. The van der Waals surface area contributed by atoms with E-state index in [9.17, 15) is 13.2 Å². The lowest BCUT2D eigenvalue weighted by molar-refractivity contribution is -0.135. The minimum atomic E-state index is -3.70. The third-order valence-corrected chi connectivity index (χ3v) is 11.4. The van der Waals surface area contributed by atoms with Crippen LogP contribution in [0.2, 0.25) is 0 Å². The van der Waals surface area contributed by atoms with Crippen LogP contribution in [0.5, 0.6) is 5.75 Å². The number of hydrogen-bond acceptors (Lipinski definition) is 6. The molecule has 0 bridgehead atoms. The molecule has 2 aliphatic rings. The number of sulfonamides is 1. The number of carbonyl (C=O) groups is 1. The Morgan fingerprint density at radius 1 is 1.02 bits per heavy atom. The average Bonchev–Trinajstić information content (AvgIpc) is 3.52. The summed E-state index contributed by atoms with van der Waals surface area (Å²) in [6.07, 6.45) is 8.26. The van der Waals surface area contributed by atoms with Crippen LogP contribution in [0, 0.1) is 19.8 Å². The second-order valence-electron chi connectivity index (χ2n) is 12.3. The van der Waals surface area contributed by atoms with Crippen molar-refractivity contribution in [3.63, 3.8) is 0 Å². The summed E-state index contributed by atoms with van der Waals surface area (Å²) >= 11 is 0. The van der Waals surface area contributed by atoms with Crippen molar-refractivity contribution in [3.05, 3.63) is 59.2 Å². The molecule has 1 saturated carbocycles. The molecule has 232 valence electrons. The summed E-state index contributed by atoms with van der Waals surface area (Å²) in [5.74, 6) is 1.05. The largest absolute Gasteiger partial charge is 0.497 e.